The van der Waals surface area contributed by atoms with Crippen LogP contribution in [0.3, 0.4) is 0 Å². The predicted octanol–water partition coefficient (Wildman–Crippen LogP) is 7.95. The van der Waals surface area contributed by atoms with Crippen molar-refractivity contribution in [1.82, 2.24) is 0 Å². The molecule has 2 rings (SSSR count). The molecule has 0 fully saturated rings. The van der Waals surface area contributed by atoms with Crippen molar-refractivity contribution < 1.29 is 0 Å². The Hall–Kier alpha value is -1.38. The topological polar surface area (TPSA) is 0 Å². The molecule has 0 spiro atoms. The van der Waals surface area contributed by atoms with Crippen molar-refractivity contribution >= 4 is 22.7 Å². The Labute approximate surface area is 161 Å². The molecule has 0 aliphatic rings. The van der Waals surface area contributed by atoms with Crippen LogP contribution in [-0.4, -0.2) is 0 Å². The molecule has 1 unspecified atom stereocenters. The van der Waals surface area contributed by atoms with Crippen molar-refractivity contribution in [2.45, 2.75) is 59.3 Å². The zero-order chi connectivity index (χ0) is 18.2. The number of hydrogen-bond acceptors (Lipinski definition) is 2. The van der Waals surface area contributed by atoms with Crippen LogP contribution >= 0.6 is 22.7 Å². The highest BCUT2D eigenvalue weighted by Gasteiger charge is 2.08. The van der Waals surface area contributed by atoms with Crippen LogP contribution in [0, 0.1) is 0 Å². The number of allylic oxidation sites excluding steroid dienone is 5. The Balaban J connectivity index is 2.08. The lowest BCUT2D eigenvalue weighted by molar-refractivity contribution is 0.872. The molecule has 2 heterocycles. The second-order valence-electron chi connectivity index (χ2n) is 6.90. The van der Waals surface area contributed by atoms with Gasteiger partial charge in [-0.2, -0.15) is 0 Å². The van der Waals surface area contributed by atoms with Crippen molar-refractivity contribution in [1.29, 1.82) is 0 Å². The molecule has 0 saturated carbocycles. The van der Waals surface area contributed by atoms with E-state index >= 15 is 0 Å². The van der Waals surface area contributed by atoms with E-state index < -0.39 is 0 Å². The molecule has 0 aromatic carbocycles. The highest BCUT2D eigenvalue weighted by Crippen LogP contribution is 2.28. The number of thiophene rings is 2. The smallest absolute Gasteiger partial charge is 0.0114 e. The van der Waals surface area contributed by atoms with Gasteiger partial charge in [0.25, 0.3) is 0 Å². The summed E-state index contributed by atoms with van der Waals surface area (Å²) in [5.41, 5.74) is 4.20. The van der Waals surface area contributed by atoms with Gasteiger partial charge in [-0.3, -0.25) is 0 Å². The molecule has 0 saturated heterocycles. The molecule has 2 aromatic rings. The minimum atomic E-state index is 0.503. The number of hydrogen-bond donors (Lipinski definition) is 0. The predicted molar refractivity (Wildman–Crippen MR) is 116 cm³/mol. The largest absolute Gasteiger partial charge is 0.148 e. The average Bonchev–Trinajstić information content (AvgIpc) is 3.23. The second kappa shape index (κ2) is 9.94. The summed E-state index contributed by atoms with van der Waals surface area (Å²) < 4.78 is 0. The van der Waals surface area contributed by atoms with Crippen molar-refractivity contribution in [3.8, 4) is 0 Å². The van der Waals surface area contributed by atoms with Gasteiger partial charge in [0.05, 0.1) is 0 Å². The van der Waals surface area contributed by atoms with E-state index in [9.17, 15) is 0 Å². The van der Waals surface area contributed by atoms with Gasteiger partial charge in [-0.1, -0.05) is 61.8 Å². The van der Waals surface area contributed by atoms with Crippen LogP contribution in [0.2, 0.25) is 0 Å². The van der Waals surface area contributed by atoms with Crippen LogP contribution in [0.15, 0.2) is 65.1 Å². The third-order valence-electron chi connectivity index (χ3n) is 4.40. The van der Waals surface area contributed by atoms with Gasteiger partial charge in [0, 0.05) is 33.4 Å². The molecular formula is C23H30S2. The third kappa shape index (κ3) is 6.45. The number of rotatable bonds is 9. The standard InChI is InChI=1S/C23H30S2/c1-6-8-20(16-22-13-12-21(25-22)15-17(2)3)11-10-18(4)19(5)23-9-7-14-24-23/h7,9-14,19H,2,6,8,15-16H2,1,3-5H3/b18-10+,20-11+. The maximum absolute atomic E-state index is 4.02. The first-order valence-electron chi connectivity index (χ1n) is 9.11. The fraction of sp³-hybridized carbons (Fsp3) is 0.391. The van der Waals surface area contributed by atoms with Crippen molar-refractivity contribution in [2.24, 2.45) is 0 Å². The summed E-state index contributed by atoms with van der Waals surface area (Å²) in [5.74, 6) is 0.503. The van der Waals surface area contributed by atoms with Gasteiger partial charge < -0.3 is 0 Å². The zero-order valence-electron chi connectivity index (χ0n) is 16.0. The monoisotopic (exact) mass is 370 g/mol. The molecule has 0 N–H and O–H groups in total. The van der Waals surface area contributed by atoms with E-state index in [-0.39, 0.29) is 0 Å². The first-order valence-corrected chi connectivity index (χ1v) is 10.8. The summed E-state index contributed by atoms with van der Waals surface area (Å²) in [4.78, 5) is 4.34. The second-order valence-corrected chi connectivity index (χ2v) is 9.13. The van der Waals surface area contributed by atoms with E-state index in [1.54, 1.807) is 0 Å². The normalized spacial score (nSPS) is 13.9. The van der Waals surface area contributed by atoms with Crippen LogP contribution in [0.4, 0.5) is 0 Å². The molecule has 134 valence electrons. The Morgan fingerprint density at radius 3 is 2.44 bits per heavy atom. The Kier molecular flexibility index (Phi) is 7.92. The molecule has 25 heavy (non-hydrogen) atoms. The van der Waals surface area contributed by atoms with Gasteiger partial charge in [-0.05, 0) is 43.8 Å². The molecule has 0 amide bonds. The maximum atomic E-state index is 4.02. The van der Waals surface area contributed by atoms with E-state index in [2.05, 4.69) is 76.1 Å². The fourth-order valence-corrected chi connectivity index (χ4v) is 4.89. The molecule has 1 atom stereocenters. The minimum Gasteiger partial charge on any atom is -0.148 e. The summed E-state index contributed by atoms with van der Waals surface area (Å²) in [6.45, 7) is 12.9. The third-order valence-corrected chi connectivity index (χ3v) is 6.54. The van der Waals surface area contributed by atoms with Gasteiger partial charge in [-0.15, -0.1) is 22.7 Å². The van der Waals surface area contributed by atoms with Gasteiger partial charge in [0.2, 0.25) is 0 Å². The van der Waals surface area contributed by atoms with Crippen molar-refractivity contribution in [3.63, 3.8) is 0 Å². The Bertz CT molecular complexity index is 726. The maximum Gasteiger partial charge on any atom is 0.0114 e. The lowest BCUT2D eigenvalue weighted by Gasteiger charge is -2.10. The van der Waals surface area contributed by atoms with Gasteiger partial charge in [0.1, 0.15) is 0 Å². The average molecular weight is 371 g/mol. The highest BCUT2D eigenvalue weighted by molar-refractivity contribution is 7.12. The van der Waals surface area contributed by atoms with Crippen LogP contribution in [0.1, 0.15) is 61.1 Å². The first kappa shape index (κ1) is 19.9. The SMILES string of the molecule is C=C(C)Cc1ccc(C/C(=C/C=C(\C)C(C)c2cccs2)CCC)s1. The highest BCUT2D eigenvalue weighted by atomic mass is 32.1. The van der Waals surface area contributed by atoms with Gasteiger partial charge in [-0.25, -0.2) is 0 Å². The van der Waals surface area contributed by atoms with Crippen molar-refractivity contribution in [3.05, 3.63) is 79.7 Å². The molecule has 0 aliphatic carbocycles. The van der Waals surface area contributed by atoms with E-state index in [0.29, 0.717) is 5.92 Å². The van der Waals surface area contributed by atoms with Crippen LogP contribution < -0.4 is 0 Å². The van der Waals surface area contributed by atoms with Crippen LogP contribution in [-0.2, 0) is 12.8 Å². The summed E-state index contributed by atoms with van der Waals surface area (Å²) in [5, 5.41) is 2.16. The lowest BCUT2D eigenvalue weighted by Crippen LogP contribution is -1.92. The molecule has 2 aromatic heterocycles. The molecular weight excluding hydrogens is 340 g/mol. The van der Waals surface area contributed by atoms with Gasteiger partial charge in [0.15, 0.2) is 0 Å². The molecule has 0 aliphatic heterocycles. The Morgan fingerprint density at radius 1 is 1.12 bits per heavy atom. The molecule has 0 nitrogen and oxygen atoms in total. The summed E-state index contributed by atoms with van der Waals surface area (Å²) in [7, 11) is 0. The van der Waals surface area contributed by atoms with E-state index in [1.807, 2.05) is 22.7 Å². The zero-order valence-corrected chi connectivity index (χ0v) is 17.6. The quantitative estimate of drug-likeness (QED) is 0.310. The van der Waals surface area contributed by atoms with E-state index in [1.165, 1.54) is 44.2 Å². The molecule has 2 heteroatoms. The summed E-state index contributed by atoms with van der Waals surface area (Å²) in [6, 6.07) is 8.93. The summed E-state index contributed by atoms with van der Waals surface area (Å²) >= 11 is 3.78. The molecule has 0 radical (unpaired) electrons. The fourth-order valence-electron chi connectivity index (χ4n) is 2.84. The summed E-state index contributed by atoms with van der Waals surface area (Å²) in [6.07, 6.45) is 9.15. The van der Waals surface area contributed by atoms with Crippen molar-refractivity contribution in [2.75, 3.05) is 0 Å². The minimum absolute atomic E-state index is 0.503. The molecule has 0 bridgehead atoms. The van der Waals surface area contributed by atoms with Crippen LogP contribution in [0.25, 0.3) is 0 Å². The van der Waals surface area contributed by atoms with Crippen LogP contribution in [0.5, 0.6) is 0 Å². The van der Waals surface area contributed by atoms with E-state index in [0.717, 1.165) is 12.8 Å². The van der Waals surface area contributed by atoms with Gasteiger partial charge >= 0.3 is 0 Å². The lowest BCUT2D eigenvalue weighted by atomic mass is 9.99. The first-order chi connectivity index (χ1) is 12.0. The Morgan fingerprint density at radius 2 is 1.84 bits per heavy atom. The van der Waals surface area contributed by atoms with E-state index in [4.69, 9.17) is 0 Å².